The molecule has 1 amide bonds. The van der Waals surface area contributed by atoms with Crippen molar-refractivity contribution >= 4 is 11.6 Å². The van der Waals surface area contributed by atoms with E-state index in [4.69, 9.17) is 0 Å². The van der Waals surface area contributed by atoms with E-state index in [9.17, 15) is 4.79 Å². The Kier molecular flexibility index (Phi) is 4.10. The molecule has 0 bridgehead atoms. The van der Waals surface area contributed by atoms with Gasteiger partial charge in [0, 0.05) is 19.2 Å². The van der Waals surface area contributed by atoms with Crippen LogP contribution >= 0.6 is 0 Å². The first-order chi connectivity index (χ1) is 7.49. The normalized spacial score (nSPS) is 20.9. The molecule has 16 heavy (non-hydrogen) atoms. The zero-order valence-electron chi connectivity index (χ0n) is 10.8. The summed E-state index contributed by atoms with van der Waals surface area (Å²) in [5.41, 5.74) is 1.87. The summed E-state index contributed by atoms with van der Waals surface area (Å²) in [5, 5.41) is 3.28. The maximum absolute atomic E-state index is 11.7. The predicted octanol–water partition coefficient (Wildman–Crippen LogP) is 1.89. The Bertz CT molecular complexity index is 344. The summed E-state index contributed by atoms with van der Waals surface area (Å²) in [7, 11) is 0. The standard InChI is InChI=1S/C12H21N3O/c1-6-7-13-12-9(3)14-8(2)10(4)15(12)11(5)16/h10,13H,6-7H2,1-5H3. The van der Waals surface area contributed by atoms with Gasteiger partial charge in [0.2, 0.25) is 5.91 Å². The molecule has 4 heteroatoms. The number of carbonyl (C=O) groups is 1. The highest BCUT2D eigenvalue weighted by atomic mass is 16.2. The Balaban J connectivity index is 3.03. The molecular weight excluding hydrogens is 202 g/mol. The van der Waals surface area contributed by atoms with Crippen molar-refractivity contribution < 1.29 is 4.79 Å². The van der Waals surface area contributed by atoms with E-state index in [1.807, 2.05) is 20.8 Å². The van der Waals surface area contributed by atoms with E-state index < -0.39 is 0 Å². The van der Waals surface area contributed by atoms with Crippen LogP contribution in [0.2, 0.25) is 0 Å². The molecule has 4 nitrogen and oxygen atoms in total. The van der Waals surface area contributed by atoms with Gasteiger partial charge in [-0.2, -0.15) is 0 Å². The minimum absolute atomic E-state index is 0.0422. The second-order valence-corrected chi connectivity index (χ2v) is 4.18. The van der Waals surface area contributed by atoms with Crippen molar-refractivity contribution in [2.75, 3.05) is 6.54 Å². The third-order valence-electron chi connectivity index (χ3n) is 2.80. The van der Waals surface area contributed by atoms with E-state index in [1.54, 1.807) is 11.8 Å². The molecule has 0 aromatic carbocycles. The van der Waals surface area contributed by atoms with Gasteiger partial charge >= 0.3 is 0 Å². The number of allylic oxidation sites excluding steroid dienone is 1. The van der Waals surface area contributed by atoms with Gasteiger partial charge in [0.1, 0.15) is 5.82 Å². The summed E-state index contributed by atoms with van der Waals surface area (Å²) in [6.45, 7) is 10.4. The molecule has 0 aliphatic carbocycles. The molecule has 1 atom stereocenters. The summed E-state index contributed by atoms with van der Waals surface area (Å²) in [6, 6.07) is 0.0422. The number of aliphatic imine (C=N–C) groups is 1. The largest absolute Gasteiger partial charge is 0.370 e. The van der Waals surface area contributed by atoms with Crippen LogP contribution in [0.5, 0.6) is 0 Å². The highest BCUT2D eigenvalue weighted by Gasteiger charge is 2.27. The van der Waals surface area contributed by atoms with Gasteiger partial charge in [0.15, 0.2) is 0 Å². The molecule has 1 N–H and O–H groups in total. The summed E-state index contributed by atoms with van der Waals surface area (Å²) in [6.07, 6.45) is 1.03. The molecule has 0 aromatic rings. The molecule has 1 heterocycles. The maximum Gasteiger partial charge on any atom is 0.225 e. The first-order valence-corrected chi connectivity index (χ1v) is 5.78. The van der Waals surface area contributed by atoms with Crippen LogP contribution in [0.25, 0.3) is 0 Å². The summed E-state index contributed by atoms with van der Waals surface area (Å²) in [5.74, 6) is 0.909. The second-order valence-electron chi connectivity index (χ2n) is 4.18. The fourth-order valence-electron chi connectivity index (χ4n) is 1.85. The average molecular weight is 223 g/mol. The van der Waals surface area contributed by atoms with Gasteiger partial charge in [-0.3, -0.25) is 14.7 Å². The van der Waals surface area contributed by atoms with Gasteiger partial charge in [-0.1, -0.05) is 6.92 Å². The van der Waals surface area contributed by atoms with Crippen LogP contribution in [0.1, 0.15) is 41.0 Å². The van der Waals surface area contributed by atoms with E-state index in [2.05, 4.69) is 17.2 Å². The van der Waals surface area contributed by atoms with Gasteiger partial charge in [-0.15, -0.1) is 0 Å². The highest BCUT2D eigenvalue weighted by Crippen LogP contribution is 2.20. The summed E-state index contributed by atoms with van der Waals surface area (Å²) >= 11 is 0. The van der Waals surface area contributed by atoms with Crippen molar-refractivity contribution in [3.63, 3.8) is 0 Å². The Hall–Kier alpha value is -1.32. The number of carbonyl (C=O) groups excluding carboxylic acids is 1. The lowest BCUT2D eigenvalue weighted by Gasteiger charge is -2.34. The second kappa shape index (κ2) is 5.14. The number of hydrogen-bond donors (Lipinski definition) is 1. The van der Waals surface area contributed by atoms with Crippen molar-refractivity contribution in [1.82, 2.24) is 10.2 Å². The lowest BCUT2D eigenvalue weighted by atomic mass is 10.1. The van der Waals surface area contributed by atoms with Crippen LogP contribution < -0.4 is 5.32 Å². The number of amides is 1. The number of nitrogens with one attached hydrogen (secondary N) is 1. The molecule has 0 saturated heterocycles. The van der Waals surface area contributed by atoms with Crippen molar-refractivity contribution in [3.05, 3.63) is 11.5 Å². The lowest BCUT2D eigenvalue weighted by Crippen LogP contribution is -2.47. The topological polar surface area (TPSA) is 44.7 Å². The highest BCUT2D eigenvalue weighted by molar-refractivity contribution is 5.93. The average Bonchev–Trinajstić information content (AvgIpc) is 2.20. The predicted molar refractivity (Wildman–Crippen MR) is 66.1 cm³/mol. The minimum atomic E-state index is 0.0422. The Morgan fingerprint density at radius 2 is 2.12 bits per heavy atom. The number of hydrogen-bond acceptors (Lipinski definition) is 3. The van der Waals surface area contributed by atoms with Crippen LogP contribution in [0.15, 0.2) is 16.5 Å². The minimum Gasteiger partial charge on any atom is -0.370 e. The summed E-state index contributed by atoms with van der Waals surface area (Å²) in [4.78, 5) is 17.9. The van der Waals surface area contributed by atoms with E-state index in [-0.39, 0.29) is 11.9 Å². The van der Waals surface area contributed by atoms with Gasteiger partial charge in [0.25, 0.3) is 0 Å². The van der Waals surface area contributed by atoms with Crippen LogP contribution in [0.4, 0.5) is 0 Å². The van der Waals surface area contributed by atoms with E-state index >= 15 is 0 Å². The van der Waals surface area contributed by atoms with E-state index in [0.717, 1.165) is 30.2 Å². The molecule has 0 radical (unpaired) electrons. The van der Waals surface area contributed by atoms with E-state index in [1.165, 1.54) is 0 Å². The maximum atomic E-state index is 11.7. The number of nitrogens with zero attached hydrogens (tertiary/aromatic N) is 2. The van der Waals surface area contributed by atoms with Crippen LogP contribution in [-0.4, -0.2) is 29.1 Å². The van der Waals surface area contributed by atoms with Gasteiger partial charge in [-0.25, -0.2) is 0 Å². The van der Waals surface area contributed by atoms with Gasteiger partial charge in [0.05, 0.1) is 11.7 Å². The molecular formula is C12H21N3O. The van der Waals surface area contributed by atoms with E-state index in [0.29, 0.717) is 0 Å². The Labute approximate surface area is 97.4 Å². The molecule has 1 unspecified atom stereocenters. The molecule has 0 spiro atoms. The SMILES string of the molecule is CCCNC1=C(C)N=C(C)C(C)N1C(C)=O. The molecule has 0 fully saturated rings. The van der Waals surface area contributed by atoms with Crippen molar-refractivity contribution in [2.24, 2.45) is 4.99 Å². The van der Waals surface area contributed by atoms with Crippen molar-refractivity contribution in [2.45, 2.75) is 47.1 Å². The molecule has 90 valence electrons. The third-order valence-corrected chi connectivity index (χ3v) is 2.80. The third kappa shape index (κ3) is 2.43. The van der Waals surface area contributed by atoms with Crippen LogP contribution in [0.3, 0.4) is 0 Å². The molecule has 0 saturated carbocycles. The molecule has 0 aromatic heterocycles. The zero-order chi connectivity index (χ0) is 12.3. The lowest BCUT2D eigenvalue weighted by molar-refractivity contribution is -0.128. The monoisotopic (exact) mass is 223 g/mol. The number of rotatable bonds is 3. The van der Waals surface area contributed by atoms with Crippen molar-refractivity contribution in [1.29, 1.82) is 0 Å². The first kappa shape index (κ1) is 12.7. The zero-order valence-corrected chi connectivity index (χ0v) is 10.8. The van der Waals surface area contributed by atoms with Gasteiger partial charge < -0.3 is 5.32 Å². The fourth-order valence-corrected chi connectivity index (χ4v) is 1.85. The molecule has 1 aliphatic rings. The summed E-state index contributed by atoms with van der Waals surface area (Å²) < 4.78 is 0. The molecule has 1 aliphatic heterocycles. The smallest absolute Gasteiger partial charge is 0.225 e. The quantitative estimate of drug-likeness (QED) is 0.794. The molecule has 1 rings (SSSR count). The fraction of sp³-hybridized carbons (Fsp3) is 0.667. The van der Waals surface area contributed by atoms with Gasteiger partial charge in [-0.05, 0) is 27.2 Å². The Morgan fingerprint density at radius 1 is 1.50 bits per heavy atom. The first-order valence-electron chi connectivity index (χ1n) is 5.78. The van der Waals surface area contributed by atoms with Crippen LogP contribution in [-0.2, 0) is 4.79 Å². The van der Waals surface area contributed by atoms with Crippen molar-refractivity contribution in [3.8, 4) is 0 Å². The van der Waals surface area contributed by atoms with Crippen LogP contribution in [0, 0.1) is 0 Å². The Morgan fingerprint density at radius 3 is 2.62 bits per heavy atom.